The minimum absolute atomic E-state index is 0.114. The summed E-state index contributed by atoms with van der Waals surface area (Å²) in [7, 11) is 0. The first kappa shape index (κ1) is 19.7. The highest BCUT2D eigenvalue weighted by molar-refractivity contribution is 6.31. The highest BCUT2D eigenvalue weighted by Crippen LogP contribution is 2.65. The molecule has 2 amide bonds. The van der Waals surface area contributed by atoms with E-state index in [4.69, 9.17) is 16.3 Å². The first-order chi connectivity index (χ1) is 15.4. The van der Waals surface area contributed by atoms with Crippen LogP contribution in [0.4, 0.5) is 10.1 Å². The van der Waals surface area contributed by atoms with Crippen molar-refractivity contribution >= 4 is 34.9 Å². The van der Waals surface area contributed by atoms with Crippen molar-refractivity contribution in [2.45, 2.75) is 6.42 Å². The summed E-state index contributed by atoms with van der Waals surface area (Å²) in [4.78, 5) is 39.9. The van der Waals surface area contributed by atoms with E-state index in [2.05, 4.69) is 12.2 Å². The number of nitrogens with zero attached hydrogens (tertiary/aromatic N) is 1. The normalized spacial score (nSPS) is 31.5. The Morgan fingerprint density at radius 3 is 2.22 bits per heavy atom. The second kappa shape index (κ2) is 7.01. The number of carbonyl (C=O) groups excluding carboxylic acids is 3. The van der Waals surface area contributed by atoms with Crippen molar-refractivity contribution in [1.29, 1.82) is 0 Å². The van der Waals surface area contributed by atoms with Crippen molar-refractivity contribution in [2.75, 3.05) is 11.5 Å². The molecule has 0 spiro atoms. The Bertz CT molecular complexity index is 1140. The molecular formula is C25H19ClFNO4. The lowest BCUT2D eigenvalue weighted by atomic mass is 9.63. The van der Waals surface area contributed by atoms with E-state index in [-0.39, 0.29) is 52.7 Å². The zero-order chi connectivity index (χ0) is 22.1. The highest BCUT2D eigenvalue weighted by atomic mass is 35.5. The molecule has 4 aliphatic carbocycles. The standard InChI is InChI=1S/C25H19ClFNO4/c26-13-7-12(8-14(27)9-13)21(29)11-32-16-3-1-15(2-4-16)28-24(30)22-17-5-6-18(20-10-19(17)20)23(22)25(28)31/h1-9,17-20,22-23H,10-11H2/t17-,18?,19?,20-,22-,23+/m0/s1. The molecule has 5 aliphatic rings. The second-order valence-electron chi connectivity index (χ2n) is 9.03. The topological polar surface area (TPSA) is 63.7 Å². The number of rotatable bonds is 5. The van der Waals surface area contributed by atoms with Gasteiger partial charge in [-0.1, -0.05) is 23.8 Å². The molecule has 5 nitrogen and oxygen atoms in total. The van der Waals surface area contributed by atoms with E-state index in [1.54, 1.807) is 24.3 Å². The summed E-state index contributed by atoms with van der Waals surface area (Å²) in [5.74, 6) is 0.173. The average molecular weight is 452 g/mol. The third-order valence-electron chi connectivity index (χ3n) is 7.31. The first-order valence-corrected chi connectivity index (χ1v) is 11.1. The molecule has 7 rings (SSSR count). The number of ketones is 1. The quantitative estimate of drug-likeness (QED) is 0.386. The fraction of sp³-hybridized carbons (Fsp3) is 0.320. The van der Waals surface area contributed by atoms with Crippen LogP contribution in [0.15, 0.2) is 54.6 Å². The molecule has 2 unspecified atom stereocenters. The molecule has 0 radical (unpaired) electrons. The van der Waals surface area contributed by atoms with E-state index < -0.39 is 11.6 Å². The lowest BCUT2D eigenvalue weighted by Gasteiger charge is -2.37. The predicted octanol–water partition coefficient (Wildman–Crippen LogP) is 4.30. The molecule has 32 heavy (non-hydrogen) atoms. The number of carbonyl (C=O) groups is 3. The fourth-order valence-electron chi connectivity index (χ4n) is 5.85. The first-order valence-electron chi connectivity index (χ1n) is 10.7. The summed E-state index contributed by atoms with van der Waals surface area (Å²) in [6.45, 7) is -0.289. The van der Waals surface area contributed by atoms with Crippen molar-refractivity contribution in [3.63, 3.8) is 0 Å². The molecule has 2 bridgehead atoms. The summed E-state index contributed by atoms with van der Waals surface area (Å²) in [5, 5.41) is 0.138. The van der Waals surface area contributed by atoms with E-state index >= 15 is 0 Å². The molecule has 1 saturated heterocycles. The van der Waals surface area contributed by atoms with Gasteiger partial charge in [-0.25, -0.2) is 4.39 Å². The second-order valence-corrected chi connectivity index (χ2v) is 9.47. The van der Waals surface area contributed by atoms with Crippen LogP contribution in [0.25, 0.3) is 0 Å². The maximum absolute atomic E-state index is 13.5. The molecule has 0 N–H and O–H groups in total. The zero-order valence-electron chi connectivity index (χ0n) is 16.9. The molecule has 3 fully saturated rings. The van der Waals surface area contributed by atoms with Crippen LogP contribution in [0.1, 0.15) is 16.8 Å². The molecule has 6 atom stereocenters. The van der Waals surface area contributed by atoms with Crippen molar-refractivity contribution in [3.8, 4) is 5.75 Å². The van der Waals surface area contributed by atoms with Gasteiger partial charge in [-0.3, -0.25) is 19.3 Å². The average Bonchev–Trinajstić information content (AvgIpc) is 3.55. The number of Topliss-reactive ketones (excluding diaryl/α,β-unsaturated/α-hetero) is 1. The summed E-state index contributed by atoms with van der Waals surface area (Å²) < 4.78 is 19.0. The number of hydrogen-bond donors (Lipinski definition) is 0. The largest absolute Gasteiger partial charge is 0.485 e. The van der Waals surface area contributed by atoms with Crippen LogP contribution in [-0.2, 0) is 9.59 Å². The zero-order valence-corrected chi connectivity index (χ0v) is 17.7. The molecule has 1 heterocycles. The summed E-state index contributed by atoms with van der Waals surface area (Å²) in [5.41, 5.74) is 0.641. The Labute approximate surface area is 188 Å². The predicted molar refractivity (Wildman–Crippen MR) is 115 cm³/mol. The monoisotopic (exact) mass is 451 g/mol. The van der Waals surface area contributed by atoms with Crippen LogP contribution in [0.2, 0.25) is 5.02 Å². The lowest BCUT2D eigenvalue weighted by molar-refractivity contribution is -0.124. The smallest absolute Gasteiger partial charge is 0.238 e. The van der Waals surface area contributed by atoms with Gasteiger partial charge in [0, 0.05) is 10.6 Å². The number of imide groups is 1. The van der Waals surface area contributed by atoms with Crippen LogP contribution >= 0.6 is 11.6 Å². The van der Waals surface area contributed by atoms with Gasteiger partial charge in [0.05, 0.1) is 17.5 Å². The maximum atomic E-state index is 13.5. The Morgan fingerprint density at radius 2 is 1.62 bits per heavy atom. The number of halogens is 2. The van der Waals surface area contributed by atoms with Crippen LogP contribution in [0.5, 0.6) is 5.75 Å². The third-order valence-corrected chi connectivity index (χ3v) is 7.53. The molecule has 1 aliphatic heterocycles. The van der Waals surface area contributed by atoms with E-state index in [1.165, 1.54) is 11.0 Å². The van der Waals surface area contributed by atoms with E-state index in [0.717, 1.165) is 18.6 Å². The van der Waals surface area contributed by atoms with Gasteiger partial charge in [0.25, 0.3) is 0 Å². The fourth-order valence-corrected chi connectivity index (χ4v) is 6.07. The number of allylic oxidation sites excluding steroid dienone is 2. The van der Waals surface area contributed by atoms with Gasteiger partial charge in [0.2, 0.25) is 11.8 Å². The van der Waals surface area contributed by atoms with Crippen LogP contribution in [0.3, 0.4) is 0 Å². The Morgan fingerprint density at radius 1 is 1.00 bits per heavy atom. The van der Waals surface area contributed by atoms with Gasteiger partial charge < -0.3 is 4.74 Å². The molecule has 162 valence electrons. The number of benzene rings is 2. The van der Waals surface area contributed by atoms with Gasteiger partial charge in [0.15, 0.2) is 12.4 Å². The van der Waals surface area contributed by atoms with E-state index in [9.17, 15) is 18.8 Å². The molecule has 7 heteroatoms. The van der Waals surface area contributed by atoms with E-state index in [0.29, 0.717) is 23.3 Å². The van der Waals surface area contributed by atoms with Crippen molar-refractivity contribution in [2.24, 2.45) is 35.5 Å². The van der Waals surface area contributed by atoms with Crippen LogP contribution in [-0.4, -0.2) is 24.2 Å². The van der Waals surface area contributed by atoms with Gasteiger partial charge >= 0.3 is 0 Å². The molecule has 0 aromatic heterocycles. The molecule has 2 aromatic rings. The van der Waals surface area contributed by atoms with Gasteiger partial charge in [-0.2, -0.15) is 0 Å². The number of ether oxygens (including phenoxy) is 1. The van der Waals surface area contributed by atoms with Crippen LogP contribution in [0, 0.1) is 41.3 Å². The SMILES string of the molecule is O=C(COc1ccc(N2C(=O)[C@@H]3[C@H](C2=O)C2C=C[C@H]3C3C[C@@H]23)cc1)c1cc(F)cc(Cl)c1. The number of amides is 2. The van der Waals surface area contributed by atoms with Gasteiger partial charge in [-0.15, -0.1) is 0 Å². The number of hydrogen-bond acceptors (Lipinski definition) is 4. The van der Waals surface area contributed by atoms with Crippen molar-refractivity contribution in [3.05, 3.63) is 71.0 Å². The minimum atomic E-state index is -0.591. The summed E-state index contributed by atoms with van der Waals surface area (Å²) in [6, 6.07) is 10.2. The van der Waals surface area contributed by atoms with Gasteiger partial charge in [0.1, 0.15) is 11.6 Å². The van der Waals surface area contributed by atoms with Crippen molar-refractivity contribution in [1.82, 2.24) is 0 Å². The Hall–Kier alpha value is -2.99. The lowest BCUT2D eigenvalue weighted by Crippen LogP contribution is -2.40. The summed E-state index contributed by atoms with van der Waals surface area (Å²) >= 11 is 5.80. The minimum Gasteiger partial charge on any atom is -0.485 e. The highest BCUT2D eigenvalue weighted by Gasteiger charge is 2.67. The maximum Gasteiger partial charge on any atom is 0.238 e. The van der Waals surface area contributed by atoms with Crippen molar-refractivity contribution < 1.29 is 23.5 Å². The summed E-state index contributed by atoms with van der Waals surface area (Å²) in [6.07, 6.45) is 5.42. The third kappa shape index (κ3) is 2.93. The number of anilines is 1. The molecule has 2 saturated carbocycles. The molecule has 2 aromatic carbocycles. The van der Waals surface area contributed by atoms with Gasteiger partial charge in [-0.05, 0) is 72.6 Å². The van der Waals surface area contributed by atoms with Crippen LogP contribution < -0.4 is 9.64 Å². The molecular weight excluding hydrogens is 433 g/mol. The Balaban J connectivity index is 1.16. The van der Waals surface area contributed by atoms with E-state index in [1.807, 2.05) is 0 Å². The Kier molecular flexibility index (Phi) is 4.31.